The van der Waals surface area contributed by atoms with Crippen LogP contribution in [0.1, 0.15) is 46.0 Å². The van der Waals surface area contributed by atoms with Crippen molar-refractivity contribution in [2.75, 3.05) is 25.6 Å². The fraction of sp³-hybridized carbons (Fsp3) is 0.458. The number of nitro benzene ring substituents is 1. The highest BCUT2D eigenvalue weighted by Gasteiger charge is 2.26. The van der Waals surface area contributed by atoms with E-state index in [9.17, 15) is 23.7 Å². The van der Waals surface area contributed by atoms with Gasteiger partial charge in [-0.25, -0.2) is 4.57 Å². The Kier molecular flexibility index (Phi) is 10.3. The molecule has 1 atom stereocenters. The van der Waals surface area contributed by atoms with E-state index in [1.807, 2.05) is 13.8 Å². The Hall–Kier alpha value is -2.43. The largest absolute Gasteiger partial charge is 0.474 e. The molecular formula is C24H31N2O8PS. The van der Waals surface area contributed by atoms with Crippen molar-refractivity contribution in [1.29, 1.82) is 0 Å². The van der Waals surface area contributed by atoms with Gasteiger partial charge < -0.3 is 4.98 Å². The zero-order chi connectivity index (χ0) is 26.1. The first-order valence-electron chi connectivity index (χ1n) is 11.9. The average Bonchev–Trinajstić information content (AvgIpc) is 2.86. The fourth-order valence-corrected chi connectivity index (χ4v) is 5.80. The van der Waals surface area contributed by atoms with Crippen LogP contribution in [0.3, 0.4) is 0 Å². The molecule has 0 fully saturated rings. The average molecular weight is 539 g/mol. The van der Waals surface area contributed by atoms with Crippen LogP contribution in [0, 0.1) is 10.1 Å². The predicted molar refractivity (Wildman–Crippen MR) is 140 cm³/mol. The summed E-state index contributed by atoms with van der Waals surface area (Å²) in [7, 11) is -5.12. The predicted octanol–water partition coefficient (Wildman–Crippen LogP) is 5.85. The van der Waals surface area contributed by atoms with E-state index in [2.05, 4.69) is 4.98 Å². The van der Waals surface area contributed by atoms with Crippen LogP contribution in [0.5, 0.6) is 0 Å². The molecule has 0 saturated carbocycles. The van der Waals surface area contributed by atoms with Crippen molar-refractivity contribution in [3.05, 3.63) is 56.7 Å². The van der Waals surface area contributed by atoms with Crippen LogP contribution in [0.2, 0.25) is 0 Å². The number of unbranched alkanes of at least 4 members (excludes halogenated alkanes) is 2. The van der Waals surface area contributed by atoms with Gasteiger partial charge in [0.15, 0.2) is 5.43 Å². The maximum atomic E-state index is 13.0. The Morgan fingerprint density at radius 1 is 0.917 bits per heavy atom. The van der Waals surface area contributed by atoms with E-state index in [-0.39, 0.29) is 42.1 Å². The van der Waals surface area contributed by atoms with E-state index < -0.39 is 23.5 Å². The van der Waals surface area contributed by atoms with E-state index in [1.54, 1.807) is 12.1 Å². The van der Waals surface area contributed by atoms with Gasteiger partial charge in [0.05, 0.1) is 46.4 Å². The molecule has 0 aliphatic rings. The molecule has 0 aliphatic carbocycles. The van der Waals surface area contributed by atoms with Gasteiger partial charge in [0.1, 0.15) is 0 Å². The Morgan fingerprint density at radius 3 is 2.06 bits per heavy atom. The van der Waals surface area contributed by atoms with Gasteiger partial charge in [0, 0.05) is 33.7 Å². The molecule has 0 saturated heterocycles. The zero-order valence-electron chi connectivity index (χ0n) is 20.4. The summed E-state index contributed by atoms with van der Waals surface area (Å²) < 4.78 is 41.9. The SMILES string of the molecule is CCCCOP(=O)(OCCCC)OCCCS(=O)c1ccc2[nH]c3ccc([N+](=O)[O-])cc3c(=O)c2c1. The number of hydrogen-bond acceptors (Lipinski definition) is 8. The van der Waals surface area contributed by atoms with E-state index >= 15 is 0 Å². The molecule has 2 aromatic carbocycles. The molecular weight excluding hydrogens is 507 g/mol. The quantitative estimate of drug-likeness (QED) is 0.0837. The first kappa shape index (κ1) is 28.1. The van der Waals surface area contributed by atoms with Crippen molar-refractivity contribution in [2.24, 2.45) is 0 Å². The molecule has 12 heteroatoms. The molecule has 10 nitrogen and oxygen atoms in total. The summed E-state index contributed by atoms with van der Waals surface area (Å²) >= 11 is 0. The number of pyridine rings is 1. The molecule has 0 spiro atoms. The molecule has 1 aromatic heterocycles. The number of hydrogen-bond donors (Lipinski definition) is 1. The molecule has 3 rings (SSSR count). The third kappa shape index (κ3) is 7.30. The number of aromatic nitrogens is 1. The molecule has 1 unspecified atom stereocenters. The lowest BCUT2D eigenvalue weighted by molar-refractivity contribution is -0.384. The lowest BCUT2D eigenvalue weighted by Crippen LogP contribution is -2.08. The Balaban J connectivity index is 1.68. The summed E-state index contributed by atoms with van der Waals surface area (Å²) in [5.41, 5.74) is 0.469. The lowest BCUT2D eigenvalue weighted by atomic mass is 10.1. The number of fused-ring (bicyclic) bond motifs is 2. The van der Waals surface area contributed by atoms with Crippen molar-refractivity contribution in [3.8, 4) is 0 Å². The molecule has 3 aromatic rings. The number of rotatable bonds is 15. The van der Waals surface area contributed by atoms with Crippen molar-refractivity contribution in [2.45, 2.75) is 50.8 Å². The normalized spacial score (nSPS) is 12.8. The van der Waals surface area contributed by atoms with Crippen LogP contribution in [0.4, 0.5) is 5.69 Å². The van der Waals surface area contributed by atoms with E-state index in [4.69, 9.17) is 13.6 Å². The van der Waals surface area contributed by atoms with Crippen LogP contribution in [0.25, 0.3) is 21.8 Å². The Labute approximate surface area is 211 Å². The number of nitro groups is 1. The molecule has 196 valence electrons. The number of H-pyrrole nitrogens is 1. The van der Waals surface area contributed by atoms with Crippen LogP contribution < -0.4 is 5.43 Å². The molecule has 36 heavy (non-hydrogen) atoms. The molecule has 0 bridgehead atoms. The third-order valence-corrected chi connectivity index (χ3v) is 8.38. The first-order chi connectivity index (χ1) is 17.3. The molecule has 1 heterocycles. The third-order valence-electron chi connectivity index (χ3n) is 5.44. The number of phosphoric ester groups is 1. The van der Waals surface area contributed by atoms with Crippen LogP contribution in [-0.4, -0.2) is 39.7 Å². The van der Waals surface area contributed by atoms with Crippen molar-refractivity contribution in [3.63, 3.8) is 0 Å². The van der Waals surface area contributed by atoms with Crippen LogP contribution >= 0.6 is 7.82 Å². The van der Waals surface area contributed by atoms with Gasteiger partial charge in [0.2, 0.25) is 0 Å². The number of benzene rings is 2. The van der Waals surface area contributed by atoms with Gasteiger partial charge in [-0.3, -0.25) is 32.7 Å². The molecule has 1 N–H and O–H groups in total. The summed E-state index contributed by atoms with van der Waals surface area (Å²) in [6.45, 7) is 4.58. The highest BCUT2D eigenvalue weighted by atomic mass is 32.2. The van der Waals surface area contributed by atoms with Gasteiger partial charge >= 0.3 is 7.82 Å². The minimum Gasteiger partial charge on any atom is -0.354 e. The fourth-order valence-electron chi connectivity index (χ4n) is 3.43. The summed E-state index contributed by atoms with van der Waals surface area (Å²) in [5.74, 6) is 0.215. The number of non-ortho nitro benzene ring substituents is 1. The number of nitrogens with zero attached hydrogens (tertiary/aromatic N) is 1. The summed E-state index contributed by atoms with van der Waals surface area (Å²) in [6, 6.07) is 8.93. The smallest absolute Gasteiger partial charge is 0.354 e. The van der Waals surface area contributed by atoms with Gasteiger partial charge in [-0.05, 0) is 43.5 Å². The minimum atomic E-state index is -3.68. The van der Waals surface area contributed by atoms with E-state index in [0.717, 1.165) is 25.7 Å². The van der Waals surface area contributed by atoms with Crippen molar-refractivity contribution < 1.29 is 27.3 Å². The lowest BCUT2D eigenvalue weighted by Gasteiger charge is -2.18. The van der Waals surface area contributed by atoms with Crippen LogP contribution in [-0.2, 0) is 28.9 Å². The number of phosphoric acid groups is 1. The van der Waals surface area contributed by atoms with Gasteiger partial charge in [-0.15, -0.1) is 0 Å². The highest BCUT2D eigenvalue weighted by Crippen LogP contribution is 2.49. The van der Waals surface area contributed by atoms with E-state index in [1.165, 1.54) is 24.3 Å². The van der Waals surface area contributed by atoms with Crippen molar-refractivity contribution in [1.82, 2.24) is 4.98 Å². The summed E-state index contributed by atoms with van der Waals surface area (Å²) in [6.07, 6.45) is 3.57. The summed E-state index contributed by atoms with van der Waals surface area (Å²) in [4.78, 5) is 27.1. The second kappa shape index (κ2) is 13.2. The van der Waals surface area contributed by atoms with Crippen LogP contribution in [0.15, 0.2) is 46.1 Å². The standard InChI is InChI=1S/C24H31N2O8PS/c1-3-5-12-32-35(30,33-13-6-4-2)34-14-7-15-36(31)19-9-11-23-21(17-19)24(27)20-16-18(26(28)29)8-10-22(20)25-23/h8-11,16-17H,3-7,12-15H2,1-2H3,(H,25,27). The number of nitrogens with one attached hydrogen (secondary N) is 1. The second-order valence-corrected chi connectivity index (χ2v) is 11.4. The zero-order valence-corrected chi connectivity index (χ0v) is 22.1. The number of aromatic amines is 1. The van der Waals surface area contributed by atoms with Crippen molar-refractivity contribution >= 4 is 46.1 Å². The summed E-state index contributed by atoms with van der Waals surface area (Å²) in [5, 5.41) is 11.6. The van der Waals surface area contributed by atoms with Gasteiger partial charge in [-0.1, -0.05) is 26.7 Å². The monoisotopic (exact) mass is 538 g/mol. The van der Waals surface area contributed by atoms with E-state index in [0.29, 0.717) is 27.7 Å². The molecule has 0 amide bonds. The molecule has 0 aliphatic heterocycles. The topological polar surface area (TPSA) is 138 Å². The second-order valence-electron chi connectivity index (χ2n) is 8.21. The maximum absolute atomic E-state index is 13.0. The Bertz CT molecular complexity index is 1330. The maximum Gasteiger partial charge on any atom is 0.474 e. The molecule has 0 radical (unpaired) electrons. The first-order valence-corrected chi connectivity index (χ1v) is 14.7. The minimum absolute atomic E-state index is 0.0454. The Morgan fingerprint density at radius 2 is 1.47 bits per heavy atom. The van der Waals surface area contributed by atoms with Gasteiger partial charge in [0.25, 0.3) is 5.69 Å². The van der Waals surface area contributed by atoms with Gasteiger partial charge in [-0.2, -0.15) is 0 Å². The highest BCUT2D eigenvalue weighted by molar-refractivity contribution is 7.85.